The van der Waals surface area contributed by atoms with Crippen molar-refractivity contribution in [1.29, 1.82) is 0 Å². The number of hydrogen-bond donors (Lipinski definition) is 0. The van der Waals surface area contributed by atoms with E-state index in [-0.39, 0.29) is 24.3 Å². The molecular formula is C16H23N3O4. The predicted octanol–water partition coefficient (Wildman–Crippen LogP) is 0.823. The highest BCUT2D eigenvalue weighted by Gasteiger charge is 2.27. The van der Waals surface area contributed by atoms with Crippen molar-refractivity contribution in [3.8, 4) is 0 Å². The summed E-state index contributed by atoms with van der Waals surface area (Å²) < 4.78 is 5.11. The van der Waals surface area contributed by atoms with Gasteiger partial charge in [0.1, 0.15) is 0 Å². The summed E-state index contributed by atoms with van der Waals surface area (Å²) in [5.74, 6) is -0.000461. The molecule has 1 fully saturated rings. The van der Waals surface area contributed by atoms with E-state index in [9.17, 15) is 14.4 Å². The number of carbonyl (C=O) groups is 3. The van der Waals surface area contributed by atoms with Gasteiger partial charge in [-0.2, -0.15) is 0 Å². The normalized spacial score (nSPS) is 14.7. The van der Waals surface area contributed by atoms with Gasteiger partial charge in [-0.3, -0.25) is 14.4 Å². The smallest absolute Gasteiger partial charge is 0.289 e. The van der Waals surface area contributed by atoms with Crippen LogP contribution >= 0.6 is 0 Å². The number of rotatable bonds is 5. The van der Waals surface area contributed by atoms with Crippen LogP contribution in [-0.2, 0) is 9.59 Å². The van der Waals surface area contributed by atoms with Crippen molar-refractivity contribution in [1.82, 2.24) is 14.7 Å². The second-order valence-electron chi connectivity index (χ2n) is 5.59. The highest BCUT2D eigenvalue weighted by atomic mass is 16.3. The average molecular weight is 321 g/mol. The van der Waals surface area contributed by atoms with Crippen molar-refractivity contribution in [3.05, 3.63) is 24.2 Å². The fourth-order valence-electron chi connectivity index (χ4n) is 2.60. The molecule has 0 atom stereocenters. The standard InChI is InChI=1S/C16H23N3O4/c1-3-6-19(13(2)20)12-15(21)17-7-9-18(10-8-17)16(22)14-5-4-11-23-14/h4-5,11H,3,6-10,12H2,1-2H3. The first-order valence-electron chi connectivity index (χ1n) is 7.89. The van der Waals surface area contributed by atoms with Crippen LogP contribution in [0.1, 0.15) is 30.8 Å². The molecule has 126 valence electrons. The average Bonchev–Trinajstić information content (AvgIpc) is 3.08. The zero-order valence-electron chi connectivity index (χ0n) is 13.7. The zero-order chi connectivity index (χ0) is 16.8. The summed E-state index contributed by atoms with van der Waals surface area (Å²) in [5.41, 5.74) is 0. The van der Waals surface area contributed by atoms with Crippen molar-refractivity contribution in [2.75, 3.05) is 39.3 Å². The summed E-state index contributed by atoms with van der Waals surface area (Å²) in [5, 5.41) is 0. The van der Waals surface area contributed by atoms with E-state index in [1.54, 1.807) is 26.8 Å². The number of furan rings is 1. The SMILES string of the molecule is CCCN(CC(=O)N1CCN(C(=O)c2ccco2)CC1)C(C)=O. The van der Waals surface area contributed by atoms with E-state index in [4.69, 9.17) is 4.42 Å². The Morgan fingerprint density at radius 3 is 2.35 bits per heavy atom. The van der Waals surface area contributed by atoms with E-state index >= 15 is 0 Å². The molecule has 1 aliphatic rings. The molecule has 1 aliphatic heterocycles. The molecule has 0 unspecified atom stereocenters. The number of amides is 3. The van der Waals surface area contributed by atoms with Gasteiger partial charge in [0.25, 0.3) is 5.91 Å². The number of piperazine rings is 1. The van der Waals surface area contributed by atoms with Crippen LogP contribution in [0, 0.1) is 0 Å². The molecule has 0 aliphatic carbocycles. The van der Waals surface area contributed by atoms with Gasteiger partial charge in [0, 0.05) is 39.6 Å². The highest BCUT2D eigenvalue weighted by molar-refractivity contribution is 5.91. The molecule has 7 nitrogen and oxygen atoms in total. The molecule has 0 bridgehead atoms. The van der Waals surface area contributed by atoms with Crippen molar-refractivity contribution in [2.24, 2.45) is 0 Å². The molecule has 1 saturated heterocycles. The lowest BCUT2D eigenvalue weighted by molar-refractivity contribution is -0.140. The van der Waals surface area contributed by atoms with E-state index in [1.165, 1.54) is 13.2 Å². The van der Waals surface area contributed by atoms with Gasteiger partial charge >= 0.3 is 0 Å². The summed E-state index contributed by atoms with van der Waals surface area (Å²) in [6.45, 7) is 6.03. The molecule has 23 heavy (non-hydrogen) atoms. The van der Waals surface area contributed by atoms with Gasteiger partial charge in [0.15, 0.2) is 5.76 Å². The third kappa shape index (κ3) is 4.34. The Hall–Kier alpha value is -2.31. The van der Waals surface area contributed by atoms with Crippen LogP contribution in [0.4, 0.5) is 0 Å². The number of hydrogen-bond acceptors (Lipinski definition) is 4. The maximum absolute atomic E-state index is 12.3. The maximum Gasteiger partial charge on any atom is 0.289 e. The summed E-state index contributed by atoms with van der Waals surface area (Å²) >= 11 is 0. The predicted molar refractivity (Wildman–Crippen MR) is 83.7 cm³/mol. The van der Waals surface area contributed by atoms with E-state index in [1.807, 2.05) is 6.92 Å². The molecule has 0 N–H and O–H groups in total. The second-order valence-corrected chi connectivity index (χ2v) is 5.59. The van der Waals surface area contributed by atoms with E-state index in [0.717, 1.165) is 6.42 Å². The first-order valence-corrected chi connectivity index (χ1v) is 7.89. The van der Waals surface area contributed by atoms with Crippen LogP contribution in [0.15, 0.2) is 22.8 Å². The first-order chi connectivity index (χ1) is 11.0. The van der Waals surface area contributed by atoms with Gasteiger partial charge in [0.2, 0.25) is 11.8 Å². The van der Waals surface area contributed by atoms with Crippen LogP contribution in [0.25, 0.3) is 0 Å². The summed E-state index contributed by atoms with van der Waals surface area (Å²) in [7, 11) is 0. The lowest BCUT2D eigenvalue weighted by atomic mass is 10.2. The lowest BCUT2D eigenvalue weighted by Crippen LogP contribution is -2.53. The van der Waals surface area contributed by atoms with E-state index < -0.39 is 0 Å². The van der Waals surface area contributed by atoms with Crippen molar-refractivity contribution >= 4 is 17.7 Å². The molecule has 7 heteroatoms. The molecule has 0 spiro atoms. The minimum atomic E-state index is -0.154. The number of nitrogens with zero attached hydrogens (tertiary/aromatic N) is 3. The minimum Gasteiger partial charge on any atom is -0.459 e. The summed E-state index contributed by atoms with van der Waals surface area (Å²) in [6, 6.07) is 3.31. The van der Waals surface area contributed by atoms with Crippen LogP contribution in [-0.4, -0.2) is 71.7 Å². The molecule has 1 aromatic rings. The topological polar surface area (TPSA) is 74.1 Å². The molecule has 3 amide bonds. The monoisotopic (exact) mass is 321 g/mol. The second kappa shape index (κ2) is 7.80. The van der Waals surface area contributed by atoms with Gasteiger partial charge in [0.05, 0.1) is 12.8 Å². The molecule has 2 rings (SSSR count). The Bertz CT molecular complexity index is 548. The Morgan fingerprint density at radius 2 is 1.83 bits per heavy atom. The Morgan fingerprint density at radius 1 is 1.17 bits per heavy atom. The van der Waals surface area contributed by atoms with Crippen LogP contribution in [0.3, 0.4) is 0 Å². The van der Waals surface area contributed by atoms with Gasteiger partial charge < -0.3 is 19.1 Å². The third-order valence-corrected chi connectivity index (χ3v) is 3.92. The fourth-order valence-corrected chi connectivity index (χ4v) is 2.60. The number of carbonyl (C=O) groups excluding carboxylic acids is 3. The van der Waals surface area contributed by atoms with Crippen molar-refractivity contribution < 1.29 is 18.8 Å². The Kier molecular flexibility index (Phi) is 5.78. The maximum atomic E-state index is 12.3. The highest BCUT2D eigenvalue weighted by Crippen LogP contribution is 2.10. The molecule has 0 saturated carbocycles. The molecule has 2 heterocycles. The third-order valence-electron chi connectivity index (χ3n) is 3.92. The zero-order valence-corrected chi connectivity index (χ0v) is 13.7. The largest absolute Gasteiger partial charge is 0.459 e. The summed E-state index contributed by atoms with van der Waals surface area (Å²) in [6.07, 6.45) is 2.29. The van der Waals surface area contributed by atoms with Gasteiger partial charge in [-0.1, -0.05) is 6.92 Å². The van der Waals surface area contributed by atoms with Crippen LogP contribution in [0.5, 0.6) is 0 Å². The summed E-state index contributed by atoms with van der Waals surface area (Å²) in [4.78, 5) is 40.9. The molecular weight excluding hydrogens is 298 g/mol. The van der Waals surface area contributed by atoms with Gasteiger partial charge in [-0.25, -0.2) is 0 Å². The fraction of sp³-hybridized carbons (Fsp3) is 0.562. The Balaban J connectivity index is 1.85. The molecule has 1 aromatic heterocycles. The van der Waals surface area contributed by atoms with E-state index in [0.29, 0.717) is 38.5 Å². The van der Waals surface area contributed by atoms with Crippen molar-refractivity contribution in [3.63, 3.8) is 0 Å². The van der Waals surface area contributed by atoms with E-state index in [2.05, 4.69) is 0 Å². The van der Waals surface area contributed by atoms with Gasteiger partial charge in [-0.05, 0) is 18.6 Å². The quantitative estimate of drug-likeness (QED) is 0.805. The van der Waals surface area contributed by atoms with Gasteiger partial charge in [-0.15, -0.1) is 0 Å². The minimum absolute atomic E-state index is 0.0706. The first kappa shape index (κ1) is 17.1. The molecule has 0 aromatic carbocycles. The van der Waals surface area contributed by atoms with Crippen molar-refractivity contribution in [2.45, 2.75) is 20.3 Å². The van der Waals surface area contributed by atoms with Crippen LogP contribution < -0.4 is 0 Å². The Labute approximate surface area is 135 Å². The van der Waals surface area contributed by atoms with Crippen LogP contribution in [0.2, 0.25) is 0 Å². The molecule has 0 radical (unpaired) electrons. The lowest BCUT2D eigenvalue weighted by Gasteiger charge is -2.35.